The number of benzene rings is 4. The first-order chi connectivity index (χ1) is 19.6. The van der Waals surface area contributed by atoms with Crippen molar-refractivity contribution in [1.82, 2.24) is 9.88 Å². The number of hydrogen-bond donors (Lipinski definition) is 2. The van der Waals surface area contributed by atoms with Gasteiger partial charge in [-0.15, -0.1) is 0 Å². The summed E-state index contributed by atoms with van der Waals surface area (Å²) >= 11 is 0. The third-order valence-corrected chi connectivity index (χ3v) is 7.34. The minimum absolute atomic E-state index is 0.202. The highest BCUT2D eigenvalue weighted by Crippen LogP contribution is 2.30. The highest BCUT2D eigenvalue weighted by molar-refractivity contribution is 6.03. The largest absolute Gasteiger partial charge is 0.494 e. The number of nitrogens with one attached hydrogen (secondary N) is 1. The number of likely N-dealkylation sites (tertiary alicyclic amines) is 1. The lowest BCUT2D eigenvalue weighted by Crippen LogP contribution is -2.28. The van der Waals surface area contributed by atoms with Crippen molar-refractivity contribution in [3.63, 3.8) is 0 Å². The van der Waals surface area contributed by atoms with Gasteiger partial charge in [-0.1, -0.05) is 55.0 Å². The lowest BCUT2D eigenvalue weighted by Gasteiger charge is -2.26. The number of pyridine rings is 1. The Hall–Kier alpha value is -4.68. The molecule has 0 unspecified atom stereocenters. The molecule has 1 fully saturated rings. The van der Waals surface area contributed by atoms with E-state index in [0.29, 0.717) is 16.3 Å². The molecule has 6 rings (SSSR count). The maximum Gasteiger partial charge on any atom is 0.258 e. The van der Waals surface area contributed by atoms with Crippen molar-refractivity contribution >= 4 is 22.7 Å². The highest BCUT2D eigenvalue weighted by Gasteiger charge is 2.12. The average Bonchev–Trinajstić information content (AvgIpc) is 2.99. The number of aromatic hydroxyl groups is 1. The maximum atomic E-state index is 12.6. The molecular formula is C34H31N3O3. The summed E-state index contributed by atoms with van der Waals surface area (Å²) < 4.78 is 5.91. The quantitative estimate of drug-likeness (QED) is 0.215. The number of H-pyrrole nitrogens is 1. The molecule has 0 bridgehead atoms. The molecule has 0 aliphatic carbocycles. The number of hydrogen-bond acceptors (Lipinski definition) is 5. The van der Waals surface area contributed by atoms with Gasteiger partial charge in [-0.05, 0) is 91.2 Å². The van der Waals surface area contributed by atoms with E-state index in [1.807, 2.05) is 78.9 Å². The van der Waals surface area contributed by atoms with E-state index < -0.39 is 0 Å². The van der Waals surface area contributed by atoms with E-state index in [0.717, 1.165) is 47.9 Å². The zero-order valence-corrected chi connectivity index (χ0v) is 22.2. The molecule has 0 amide bonds. The predicted octanol–water partition coefficient (Wildman–Crippen LogP) is 7.43. The summed E-state index contributed by atoms with van der Waals surface area (Å²) in [5.41, 5.74) is 4.06. The van der Waals surface area contributed by atoms with Crippen LogP contribution in [0, 0.1) is 0 Å². The van der Waals surface area contributed by atoms with Crippen molar-refractivity contribution in [2.75, 3.05) is 13.1 Å². The van der Waals surface area contributed by atoms with E-state index in [1.165, 1.54) is 24.8 Å². The van der Waals surface area contributed by atoms with Crippen LogP contribution in [0.1, 0.15) is 30.4 Å². The van der Waals surface area contributed by atoms with Crippen LogP contribution in [0.5, 0.6) is 17.4 Å². The van der Waals surface area contributed by atoms with Crippen LogP contribution in [-0.4, -0.2) is 34.3 Å². The van der Waals surface area contributed by atoms with Gasteiger partial charge >= 0.3 is 0 Å². The van der Waals surface area contributed by atoms with Gasteiger partial charge in [-0.2, -0.15) is 0 Å². The molecule has 6 nitrogen and oxygen atoms in total. The molecule has 2 heterocycles. The Bertz CT molecular complexity index is 1690. The summed E-state index contributed by atoms with van der Waals surface area (Å²) in [5, 5.41) is 11.8. The number of aromatic nitrogens is 1. The molecule has 0 spiro atoms. The Morgan fingerprint density at radius 1 is 0.800 bits per heavy atom. The van der Waals surface area contributed by atoms with Gasteiger partial charge in [-0.25, -0.2) is 0 Å². The summed E-state index contributed by atoms with van der Waals surface area (Å²) in [7, 11) is 0. The van der Waals surface area contributed by atoms with Gasteiger partial charge in [0.2, 0.25) is 5.88 Å². The van der Waals surface area contributed by atoms with Crippen LogP contribution < -0.4 is 10.3 Å². The third kappa shape index (κ3) is 5.82. The molecule has 2 N–H and O–H groups in total. The summed E-state index contributed by atoms with van der Waals surface area (Å²) in [6.45, 7) is 3.27. The highest BCUT2D eigenvalue weighted by atomic mass is 16.5. The number of aliphatic imine (C=N–C) groups is 1. The van der Waals surface area contributed by atoms with Gasteiger partial charge in [0.15, 0.2) is 0 Å². The van der Waals surface area contributed by atoms with Crippen molar-refractivity contribution in [2.45, 2.75) is 25.8 Å². The number of para-hydroxylation sites is 1. The predicted molar refractivity (Wildman–Crippen MR) is 161 cm³/mol. The van der Waals surface area contributed by atoms with Crippen molar-refractivity contribution in [1.29, 1.82) is 0 Å². The Morgan fingerprint density at radius 2 is 1.50 bits per heavy atom. The van der Waals surface area contributed by atoms with Crippen LogP contribution in [0.25, 0.3) is 21.9 Å². The van der Waals surface area contributed by atoms with Gasteiger partial charge < -0.3 is 9.84 Å². The van der Waals surface area contributed by atoms with Crippen LogP contribution >= 0.6 is 0 Å². The Kier molecular flexibility index (Phi) is 7.42. The second-order valence-electron chi connectivity index (χ2n) is 10.2. The van der Waals surface area contributed by atoms with Crippen molar-refractivity contribution in [3.05, 3.63) is 119 Å². The van der Waals surface area contributed by atoms with Crippen molar-refractivity contribution in [2.24, 2.45) is 4.99 Å². The third-order valence-electron chi connectivity index (χ3n) is 7.34. The zero-order valence-electron chi connectivity index (χ0n) is 22.2. The monoisotopic (exact) mass is 529 g/mol. The van der Waals surface area contributed by atoms with Crippen molar-refractivity contribution in [3.8, 4) is 28.5 Å². The van der Waals surface area contributed by atoms with E-state index in [9.17, 15) is 9.90 Å². The molecule has 1 aliphatic rings. The Morgan fingerprint density at radius 3 is 2.25 bits per heavy atom. The lowest BCUT2D eigenvalue weighted by atomic mass is 9.99. The van der Waals surface area contributed by atoms with E-state index in [-0.39, 0.29) is 11.4 Å². The van der Waals surface area contributed by atoms with E-state index in [1.54, 1.807) is 12.3 Å². The van der Waals surface area contributed by atoms with Crippen LogP contribution in [-0.2, 0) is 6.54 Å². The van der Waals surface area contributed by atoms with E-state index in [4.69, 9.17) is 4.74 Å². The van der Waals surface area contributed by atoms with Gasteiger partial charge in [0.1, 0.15) is 11.5 Å². The fourth-order valence-corrected chi connectivity index (χ4v) is 5.19. The number of ether oxygens (including phenoxy) is 1. The minimum Gasteiger partial charge on any atom is -0.494 e. The molecule has 4 aromatic carbocycles. The van der Waals surface area contributed by atoms with E-state index >= 15 is 0 Å². The second kappa shape index (κ2) is 11.6. The summed E-state index contributed by atoms with van der Waals surface area (Å²) in [4.78, 5) is 22.3. The van der Waals surface area contributed by atoms with Gasteiger partial charge in [0.25, 0.3) is 5.56 Å². The number of fused-ring (bicyclic) bond motifs is 1. The molecular weight excluding hydrogens is 498 g/mol. The number of nitrogens with zero attached hydrogens (tertiary/aromatic N) is 2. The zero-order chi connectivity index (χ0) is 27.3. The molecule has 40 heavy (non-hydrogen) atoms. The molecule has 1 saturated heterocycles. The number of aromatic amines is 1. The standard InChI is InChI=1S/C34H31N3O3/c38-33-30-18-13-26(25-11-16-29(17-12-25)40-28-7-3-1-4-8-28)21-31(30)32(34(39)36-33)22-35-27-14-9-24(10-15-27)23-37-19-5-2-6-20-37/h1,3-4,7-18,21-22H,2,5-6,19-20,23H2,(H2,36,38,39). The number of piperidine rings is 1. The summed E-state index contributed by atoms with van der Waals surface area (Å²) in [6.07, 6.45) is 5.49. The topological polar surface area (TPSA) is 77.9 Å². The van der Waals surface area contributed by atoms with Gasteiger partial charge in [0, 0.05) is 23.5 Å². The summed E-state index contributed by atoms with van der Waals surface area (Å²) in [6, 6.07) is 31.2. The number of rotatable bonds is 7. The second-order valence-corrected chi connectivity index (χ2v) is 10.2. The van der Waals surface area contributed by atoms with Crippen LogP contribution in [0.15, 0.2) is 107 Å². The first kappa shape index (κ1) is 25.6. The van der Waals surface area contributed by atoms with Crippen LogP contribution in [0.2, 0.25) is 0 Å². The lowest BCUT2D eigenvalue weighted by molar-refractivity contribution is 0.221. The van der Waals surface area contributed by atoms with Gasteiger partial charge in [-0.3, -0.25) is 19.7 Å². The Labute approximate surface area is 233 Å². The molecule has 0 saturated carbocycles. The fourth-order valence-electron chi connectivity index (χ4n) is 5.19. The average molecular weight is 530 g/mol. The first-order valence-corrected chi connectivity index (χ1v) is 13.7. The fraction of sp³-hybridized carbons (Fsp3) is 0.176. The SMILES string of the molecule is O=c1[nH]c(O)c(C=Nc2ccc(CN3CCCCC3)cc2)c2cc(-c3ccc(Oc4ccccc4)cc3)ccc12. The Balaban J connectivity index is 1.25. The summed E-state index contributed by atoms with van der Waals surface area (Å²) in [5.74, 6) is 1.31. The smallest absolute Gasteiger partial charge is 0.258 e. The maximum absolute atomic E-state index is 12.6. The molecule has 5 aromatic rings. The molecule has 1 aliphatic heterocycles. The van der Waals surface area contributed by atoms with Crippen LogP contribution in [0.4, 0.5) is 5.69 Å². The first-order valence-electron chi connectivity index (χ1n) is 13.7. The van der Waals surface area contributed by atoms with Crippen LogP contribution in [0.3, 0.4) is 0 Å². The minimum atomic E-state index is -0.343. The van der Waals surface area contributed by atoms with Gasteiger partial charge in [0.05, 0.1) is 11.3 Å². The molecule has 6 heteroatoms. The van der Waals surface area contributed by atoms with E-state index in [2.05, 4.69) is 27.0 Å². The van der Waals surface area contributed by atoms with Crippen molar-refractivity contribution < 1.29 is 9.84 Å². The molecule has 0 atom stereocenters. The molecule has 1 aromatic heterocycles. The molecule has 200 valence electrons. The molecule has 0 radical (unpaired) electrons. The normalized spacial score (nSPS) is 14.1.